The average Bonchev–Trinajstić information content (AvgIpc) is 3.04. The molecule has 0 radical (unpaired) electrons. The molecule has 0 spiro atoms. The van der Waals surface area contributed by atoms with Gasteiger partial charge in [0.2, 0.25) is 0 Å². The Kier molecular flexibility index (Phi) is 5.01. The zero-order valence-corrected chi connectivity index (χ0v) is 14.9. The summed E-state index contributed by atoms with van der Waals surface area (Å²) in [4.78, 5) is 15.2. The van der Waals surface area contributed by atoms with Crippen molar-refractivity contribution in [3.63, 3.8) is 0 Å². The molecular formula is C19H18BrN3O. The van der Waals surface area contributed by atoms with E-state index < -0.39 is 0 Å². The summed E-state index contributed by atoms with van der Waals surface area (Å²) in [6.45, 7) is 2.46. The number of halogens is 1. The monoisotopic (exact) mass is 383 g/mol. The topological polar surface area (TPSA) is 56.9 Å². The van der Waals surface area contributed by atoms with Gasteiger partial charge >= 0.3 is 6.03 Å². The number of rotatable bonds is 4. The predicted octanol–water partition coefficient (Wildman–Crippen LogP) is 5.07. The highest BCUT2D eigenvalue weighted by molar-refractivity contribution is 9.10. The van der Waals surface area contributed by atoms with Gasteiger partial charge in [-0.2, -0.15) is 0 Å². The maximum absolute atomic E-state index is 12.1. The van der Waals surface area contributed by atoms with Crippen molar-refractivity contribution < 1.29 is 4.79 Å². The third-order valence-corrected chi connectivity index (χ3v) is 4.21. The SMILES string of the molecule is Cc1ccc(NC(=O)NCc2c[nH]cc2-c2cccc(Br)c2)cc1. The van der Waals surface area contributed by atoms with Gasteiger partial charge in [0.05, 0.1) is 0 Å². The molecule has 0 aliphatic rings. The fourth-order valence-electron chi connectivity index (χ4n) is 2.45. The van der Waals surface area contributed by atoms with Crippen LogP contribution in [0.5, 0.6) is 0 Å². The first-order chi connectivity index (χ1) is 11.6. The van der Waals surface area contributed by atoms with Crippen molar-refractivity contribution in [3.8, 4) is 11.1 Å². The van der Waals surface area contributed by atoms with Crippen LogP contribution in [0.25, 0.3) is 11.1 Å². The van der Waals surface area contributed by atoms with Gasteiger partial charge < -0.3 is 15.6 Å². The summed E-state index contributed by atoms with van der Waals surface area (Å²) in [5, 5.41) is 5.72. The molecule has 2 aromatic carbocycles. The lowest BCUT2D eigenvalue weighted by Gasteiger charge is -2.09. The molecule has 0 saturated heterocycles. The number of amides is 2. The maximum Gasteiger partial charge on any atom is 0.319 e. The van der Waals surface area contributed by atoms with Crippen LogP contribution >= 0.6 is 15.9 Å². The lowest BCUT2D eigenvalue weighted by Crippen LogP contribution is -2.28. The average molecular weight is 384 g/mol. The number of anilines is 1. The van der Waals surface area contributed by atoms with Crippen LogP contribution in [0, 0.1) is 6.92 Å². The standard InChI is InChI=1S/C19H18BrN3O/c1-13-5-7-17(8-6-13)23-19(24)22-11-15-10-21-12-18(15)14-3-2-4-16(20)9-14/h2-10,12,21H,11H2,1H3,(H2,22,23,24). The van der Waals surface area contributed by atoms with Gasteiger partial charge in [-0.3, -0.25) is 0 Å². The van der Waals surface area contributed by atoms with E-state index in [1.807, 2.05) is 61.8 Å². The summed E-state index contributed by atoms with van der Waals surface area (Å²) in [6, 6.07) is 15.6. The van der Waals surface area contributed by atoms with Crippen LogP contribution in [-0.4, -0.2) is 11.0 Å². The summed E-state index contributed by atoms with van der Waals surface area (Å²) >= 11 is 3.49. The lowest BCUT2D eigenvalue weighted by atomic mass is 10.1. The molecule has 3 N–H and O–H groups in total. The number of H-pyrrole nitrogens is 1. The molecule has 0 atom stereocenters. The van der Waals surface area contributed by atoms with Crippen molar-refractivity contribution in [1.29, 1.82) is 0 Å². The molecule has 0 unspecified atom stereocenters. The molecule has 4 nitrogen and oxygen atoms in total. The van der Waals surface area contributed by atoms with E-state index in [-0.39, 0.29) is 6.03 Å². The number of nitrogens with one attached hydrogen (secondary N) is 3. The predicted molar refractivity (Wildman–Crippen MR) is 101 cm³/mol. The Bertz CT molecular complexity index is 840. The second-order valence-corrected chi connectivity index (χ2v) is 6.49. The third kappa shape index (κ3) is 4.06. The quantitative estimate of drug-likeness (QED) is 0.578. The molecule has 0 fully saturated rings. The largest absolute Gasteiger partial charge is 0.367 e. The van der Waals surface area contributed by atoms with Crippen LogP contribution in [-0.2, 0) is 6.54 Å². The van der Waals surface area contributed by atoms with Crippen LogP contribution in [0.1, 0.15) is 11.1 Å². The molecule has 2 amide bonds. The highest BCUT2D eigenvalue weighted by Crippen LogP contribution is 2.26. The zero-order chi connectivity index (χ0) is 16.9. The van der Waals surface area contributed by atoms with E-state index in [2.05, 4.69) is 37.6 Å². The molecule has 3 rings (SSSR count). The number of hydrogen-bond acceptors (Lipinski definition) is 1. The number of aryl methyl sites for hydroxylation is 1. The second-order valence-electron chi connectivity index (χ2n) is 5.58. The fourth-order valence-corrected chi connectivity index (χ4v) is 2.85. The van der Waals surface area contributed by atoms with Gasteiger partial charge in [-0.25, -0.2) is 4.79 Å². The van der Waals surface area contributed by atoms with Gasteiger partial charge in [-0.1, -0.05) is 45.8 Å². The van der Waals surface area contributed by atoms with E-state index in [9.17, 15) is 4.79 Å². The molecule has 24 heavy (non-hydrogen) atoms. The molecule has 0 aliphatic carbocycles. The highest BCUT2D eigenvalue weighted by atomic mass is 79.9. The Balaban J connectivity index is 1.64. The molecular weight excluding hydrogens is 366 g/mol. The number of hydrogen-bond donors (Lipinski definition) is 3. The minimum Gasteiger partial charge on any atom is -0.367 e. The Morgan fingerprint density at radius 2 is 1.92 bits per heavy atom. The normalized spacial score (nSPS) is 10.4. The minimum atomic E-state index is -0.222. The van der Waals surface area contributed by atoms with Crippen LogP contribution < -0.4 is 10.6 Å². The van der Waals surface area contributed by atoms with E-state index in [0.717, 1.165) is 32.4 Å². The van der Waals surface area contributed by atoms with Crippen molar-refractivity contribution >= 4 is 27.6 Å². The summed E-state index contributed by atoms with van der Waals surface area (Å²) in [6.07, 6.45) is 3.85. The first-order valence-corrected chi connectivity index (χ1v) is 8.44. The molecule has 3 aromatic rings. The first-order valence-electron chi connectivity index (χ1n) is 7.65. The van der Waals surface area contributed by atoms with E-state index in [0.29, 0.717) is 6.54 Å². The number of aromatic nitrogens is 1. The molecule has 5 heteroatoms. The number of carbonyl (C=O) groups is 1. The zero-order valence-electron chi connectivity index (χ0n) is 13.3. The van der Waals surface area contributed by atoms with Gasteiger partial charge in [0.1, 0.15) is 0 Å². The minimum absolute atomic E-state index is 0.222. The Morgan fingerprint density at radius 3 is 2.67 bits per heavy atom. The van der Waals surface area contributed by atoms with Crippen molar-refractivity contribution in [1.82, 2.24) is 10.3 Å². The van der Waals surface area contributed by atoms with Crippen LogP contribution in [0.3, 0.4) is 0 Å². The summed E-state index contributed by atoms with van der Waals surface area (Å²) in [5.41, 5.74) is 5.15. The highest BCUT2D eigenvalue weighted by Gasteiger charge is 2.08. The second kappa shape index (κ2) is 7.36. The number of aromatic amines is 1. The van der Waals surface area contributed by atoms with Crippen LogP contribution in [0.15, 0.2) is 65.4 Å². The number of benzene rings is 2. The van der Waals surface area contributed by atoms with Gasteiger partial charge in [0.15, 0.2) is 0 Å². The first kappa shape index (κ1) is 16.3. The molecule has 0 bridgehead atoms. The van der Waals surface area contributed by atoms with Crippen molar-refractivity contribution in [2.75, 3.05) is 5.32 Å². The molecule has 0 saturated carbocycles. The maximum atomic E-state index is 12.1. The van der Waals surface area contributed by atoms with E-state index in [4.69, 9.17) is 0 Å². The fraction of sp³-hybridized carbons (Fsp3) is 0.105. The number of carbonyl (C=O) groups excluding carboxylic acids is 1. The lowest BCUT2D eigenvalue weighted by molar-refractivity contribution is 0.252. The smallest absolute Gasteiger partial charge is 0.319 e. The Morgan fingerprint density at radius 1 is 1.12 bits per heavy atom. The van der Waals surface area contributed by atoms with Gasteiger partial charge in [-0.05, 0) is 42.3 Å². The van der Waals surface area contributed by atoms with Gasteiger partial charge in [0, 0.05) is 34.7 Å². The molecule has 1 heterocycles. The van der Waals surface area contributed by atoms with E-state index in [1.54, 1.807) is 0 Å². The van der Waals surface area contributed by atoms with E-state index >= 15 is 0 Å². The van der Waals surface area contributed by atoms with Crippen molar-refractivity contribution in [3.05, 3.63) is 76.5 Å². The van der Waals surface area contributed by atoms with Gasteiger partial charge in [-0.15, -0.1) is 0 Å². The summed E-state index contributed by atoms with van der Waals surface area (Å²) in [7, 11) is 0. The summed E-state index contributed by atoms with van der Waals surface area (Å²) < 4.78 is 1.03. The van der Waals surface area contributed by atoms with Gasteiger partial charge in [0.25, 0.3) is 0 Å². The third-order valence-electron chi connectivity index (χ3n) is 3.72. The van der Waals surface area contributed by atoms with E-state index in [1.165, 1.54) is 0 Å². The van der Waals surface area contributed by atoms with Crippen LogP contribution in [0.4, 0.5) is 10.5 Å². The van der Waals surface area contributed by atoms with Crippen molar-refractivity contribution in [2.45, 2.75) is 13.5 Å². The number of urea groups is 1. The van der Waals surface area contributed by atoms with Crippen molar-refractivity contribution in [2.24, 2.45) is 0 Å². The van der Waals surface area contributed by atoms with Crippen LogP contribution in [0.2, 0.25) is 0 Å². The molecule has 0 aliphatic heterocycles. The Labute approximate surface area is 149 Å². The summed E-state index contributed by atoms with van der Waals surface area (Å²) in [5.74, 6) is 0. The molecule has 1 aromatic heterocycles. The molecule has 122 valence electrons. The Hall–Kier alpha value is -2.53.